The zero-order chi connectivity index (χ0) is 17.7. The van der Waals surface area contributed by atoms with E-state index in [4.69, 9.17) is 9.47 Å². The fourth-order valence-electron chi connectivity index (χ4n) is 3.37. The number of piperidine rings is 1. The lowest BCUT2D eigenvalue weighted by molar-refractivity contribution is -0.0971. The third-order valence-corrected chi connectivity index (χ3v) is 4.99. The molecule has 2 aliphatic rings. The minimum atomic E-state index is 0.233. The van der Waals surface area contributed by atoms with Gasteiger partial charge in [-0.25, -0.2) is 0 Å². The number of benzene rings is 1. The number of rotatable bonds is 5. The van der Waals surface area contributed by atoms with E-state index in [0.717, 1.165) is 57.4 Å². The van der Waals surface area contributed by atoms with E-state index < -0.39 is 0 Å². The van der Waals surface area contributed by atoms with Gasteiger partial charge in [-0.15, -0.1) is 0 Å². The van der Waals surface area contributed by atoms with Crippen LogP contribution in [0.2, 0.25) is 0 Å². The summed E-state index contributed by atoms with van der Waals surface area (Å²) >= 11 is 0. The van der Waals surface area contributed by atoms with E-state index in [9.17, 15) is 0 Å². The maximum Gasteiger partial charge on any atom is 0.191 e. The SMILES string of the molecule is CN=C(NCC1(C)COC1)NC1CCCN(c2cccc(OC)c2)C1. The highest BCUT2D eigenvalue weighted by Crippen LogP contribution is 2.25. The van der Waals surface area contributed by atoms with Gasteiger partial charge in [0, 0.05) is 49.9 Å². The lowest BCUT2D eigenvalue weighted by atomic mass is 9.89. The molecule has 6 heteroatoms. The fraction of sp³-hybridized carbons (Fsp3) is 0.632. The Morgan fingerprint density at radius 1 is 1.44 bits per heavy atom. The molecular formula is C19H30N4O2. The molecule has 1 aromatic rings. The molecule has 0 saturated carbocycles. The Labute approximate surface area is 150 Å². The van der Waals surface area contributed by atoms with Crippen molar-refractivity contribution in [2.75, 3.05) is 51.9 Å². The molecule has 0 amide bonds. The number of nitrogens with one attached hydrogen (secondary N) is 2. The van der Waals surface area contributed by atoms with Gasteiger partial charge in [0.2, 0.25) is 0 Å². The summed E-state index contributed by atoms with van der Waals surface area (Å²) < 4.78 is 10.7. The highest BCUT2D eigenvalue weighted by molar-refractivity contribution is 5.80. The summed E-state index contributed by atoms with van der Waals surface area (Å²) in [6, 6.07) is 8.67. The summed E-state index contributed by atoms with van der Waals surface area (Å²) in [4.78, 5) is 6.80. The number of hydrogen-bond donors (Lipinski definition) is 2. The van der Waals surface area contributed by atoms with Gasteiger partial charge in [0.25, 0.3) is 0 Å². The van der Waals surface area contributed by atoms with Crippen LogP contribution in [0.15, 0.2) is 29.3 Å². The number of hydrogen-bond acceptors (Lipinski definition) is 4. The summed E-state index contributed by atoms with van der Waals surface area (Å²) in [5.74, 6) is 1.78. The summed E-state index contributed by atoms with van der Waals surface area (Å²) in [6.07, 6.45) is 2.32. The minimum absolute atomic E-state index is 0.233. The molecule has 2 saturated heterocycles. The number of ether oxygens (including phenoxy) is 2. The largest absolute Gasteiger partial charge is 0.497 e. The van der Waals surface area contributed by atoms with Crippen LogP contribution in [0.4, 0.5) is 5.69 Å². The van der Waals surface area contributed by atoms with Crippen LogP contribution in [0.25, 0.3) is 0 Å². The zero-order valence-corrected chi connectivity index (χ0v) is 15.5. The molecule has 1 unspecified atom stereocenters. The molecule has 138 valence electrons. The van der Waals surface area contributed by atoms with Crippen LogP contribution in [0, 0.1) is 5.41 Å². The normalized spacial score (nSPS) is 22.9. The average Bonchev–Trinajstić information content (AvgIpc) is 2.63. The van der Waals surface area contributed by atoms with Crippen molar-refractivity contribution in [1.82, 2.24) is 10.6 Å². The number of guanidine groups is 1. The van der Waals surface area contributed by atoms with E-state index >= 15 is 0 Å². The molecule has 6 nitrogen and oxygen atoms in total. The van der Waals surface area contributed by atoms with Crippen LogP contribution in [-0.2, 0) is 4.74 Å². The van der Waals surface area contributed by atoms with Gasteiger partial charge in [0.15, 0.2) is 5.96 Å². The Hall–Kier alpha value is -1.95. The number of methoxy groups -OCH3 is 1. The van der Waals surface area contributed by atoms with Crippen LogP contribution in [-0.4, -0.2) is 59.0 Å². The summed E-state index contributed by atoms with van der Waals surface area (Å²) in [6.45, 7) is 6.82. The molecule has 1 atom stereocenters. The zero-order valence-electron chi connectivity index (χ0n) is 15.5. The molecule has 2 aliphatic heterocycles. The molecule has 0 radical (unpaired) electrons. The Bertz CT molecular complexity index is 601. The van der Waals surface area contributed by atoms with Crippen LogP contribution in [0.1, 0.15) is 19.8 Å². The van der Waals surface area contributed by atoms with Crippen molar-refractivity contribution in [3.05, 3.63) is 24.3 Å². The monoisotopic (exact) mass is 346 g/mol. The number of nitrogens with zero attached hydrogens (tertiary/aromatic N) is 2. The van der Waals surface area contributed by atoms with Crippen molar-refractivity contribution in [1.29, 1.82) is 0 Å². The van der Waals surface area contributed by atoms with Gasteiger partial charge in [-0.2, -0.15) is 0 Å². The molecule has 2 fully saturated rings. The van der Waals surface area contributed by atoms with Gasteiger partial charge in [-0.1, -0.05) is 13.0 Å². The first-order valence-corrected chi connectivity index (χ1v) is 9.06. The first-order chi connectivity index (χ1) is 12.1. The van der Waals surface area contributed by atoms with Crippen LogP contribution >= 0.6 is 0 Å². The second kappa shape index (κ2) is 7.95. The van der Waals surface area contributed by atoms with Gasteiger partial charge in [0.05, 0.1) is 20.3 Å². The highest BCUT2D eigenvalue weighted by Gasteiger charge is 2.33. The number of anilines is 1. The second-order valence-electron chi connectivity index (χ2n) is 7.36. The second-order valence-corrected chi connectivity index (χ2v) is 7.36. The van der Waals surface area contributed by atoms with Gasteiger partial charge >= 0.3 is 0 Å². The third kappa shape index (κ3) is 4.57. The Kier molecular flexibility index (Phi) is 5.68. The van der Waals surface area contributed by atoms with Crippen LogP contribution in [0.3, 0.4) is 0 Å². The van der Waals surface area contributed by atoms with E-state index in [1.807, 2.05) is 19.2 Å². The van der Waals surface area contributed by atoms with Gasteiger partial charge in [-0.05, 0) is 25.0 Å². The third-order valence-electron chi connectivity index (χ3n) is 4.99. The topological polar surface area (TPSA) is 58.1 Å². The molecule has 0 spiro atoms. The van der Waals surface area contributed by atoms with Gasteiger partial charge < -0.3 is 25.0 Å². The van der Waals surface area contributed by atoms with Crippen LogP contribution in [0.5, 0.6) is 5.75 Å². The molecule has 0 aliphatic carbocycles. The van der Waals surface area contributed by atoms with E-state index in [-0.39, 0.29) is 5.41 Å². The number of aliphatic imine (C=N–C) groups is 1. The Morgan fingerprint density at radius 2 is 2.28 bits per heavy atom. The lowest BCUT2D eigenvalue weighted by Gasteiger charge is -2.39. The standard InChI is InChI=1S/C19H30N4O2/c1-19(13-25-14-19)12-21-18(20-2)22-15-6-5-9-23(11-15)16-7-4-8-17(10-16)24-3/h4,7-8,10,15H,5-6,9,11-14H2,1-3H3,(H2,20,21,22). The van der Waals surface area contributed by atoms with E-state index in [0.29, 0.717) is 6.04 Å². The van der Waals surface area contributed by atoms with Gasteiger partial charge in [0.1, 0.15) is 5.75 Å². The molecule has 0 aromatic heterocycles. The lowest BCUT2D eigenvalue weighted by Crippen LogP contribution is -2.55. The first-order valence-electron chi connectivity index (χ1n) is 9.06. The van der Waals surface area contributed by atoms with Crippen molar-refractivity contribution in [2.24, 2.45) is 10.4 Å². The molecule has 0 bridgehead atoms. The quantitative estimate of drug-likeness (QED) is 0.630. The van der Waals surface area contributed by atoms with E-state index in [2.05, 4.69) is 39.6 Å². The Balaban J connectivity index is 1.55. The molecule has 2 N–H and O–H groups in total. The first kappa shape index (κ1) is 17.9. The molecule has 25 heavy (non-hydrogen) atoms. The van der Waals surface area contributed by atoms with Crippen LogP contribution < -0.4 is 20.3 Å². The minimum Gasteiger partial charge on any atom is -0.497 e. The molecule has 3 rings (SSSR count). The smallest absolute Gasteiger partial charge is 0.191 e. The molecular weight excluding hydrogens is 316 g/mol. The predicted octanol–water partition coefficient (Wildman–Crippen LogP) is 1.87. The van der Waals surface area contributed by atoms with E-state index in [1.54, 1.807) is 7.11 Å². The summed E-state index contributed by atoms with van der Waals surface area (Å²) in [7, 11) is 3.54. The highest BCUT2D eigenvalue weighted by atomic mass is 16.5. The Morgan fingerprint density at radius 3 is 2.96 bits per heavy atom. The summed E-state index contributed by atoms with van der Waals surface area (Å²) in [5, 5.41) is 7.03. The van der Waals surface area contributed by atoms with Crippen molar-refractivity contribution in [3.8, 4) is 5.75 Å². The van der Waals surface area contributed by atoms with Gasteiger partial charge in [-0.3, -0.25) is 4.99 Å². The average molecular weight is 346 g/mol. The molecule has 2 heterocycles. The van der Waals surface area contributed by atoms with Crippen molar-refractivity contribution in [2.45, 2.75) is 25.8 Å². The van der Waals surface area contributed by atoms with E-state index in [1.165, 1.54) is 5.69 Å². The van der Waals surface area contributed by atoms with Crippen molar-refractivity contribution >= 4 is 11.6 Å². The van der Waals surface area contributed by atoms with Crippen molar-refractivity contribution in [3.63, 3.8) is 0 Å². The molecule has 1 aromatic carbocycles. The predicted molar refractivity (Wildman–Crippen MR) is 102 cm³/mol. The summed E-state index contributed by atoms with van der Waals surface area (Å²) in [5.41, 5.74) is 1.45. The fourth-order valence-corrected chi connectivity index (χ4v) is 3.37. The maximum absolute atomic E-state index is 5.35. The maximum atomic E-state index is 5.35. The van der Waals surface area contributed by atoms with Crippen molar-refractivity contribution < 1.29 is 9.47 Å².